The van der Waals surface area contributed by atoms with Crippen molar-refractivity contribution in [3.63, 3.8) is 0 Å². The van der Waals surface area contributed by atoms with Gasteiger partial charge in [0.15, 0.2) is 5.69 Å². The van der Waals surface area contributed by atoms with Crippen LogP contribution in [0.25, 0.3) is 5.69 Å². The smallest absolute Gasteiger partial charge is 0.358 e. The monoisotopic (exact) mass is 318 g/mol. The zero-order chi connectivity index (χ0) is 16.8. The Labute approximate surface area is 133 Å². The molecule has 1 aromatic heterocycles. The van der Waals surface area contributed by atoms with E-state index in [0.717, 1.165) is 0 Å². The van der Waals surface area contributed by atoms with Gasteiger partial charge >= 0.3 is 5.97 Å². The first-order valence-electron chi connectivity index (χ1n) is 7.13. The van der Waals surface area contributed by atoms with Gasteiger partial charge in [-0.2, -0.15) is 0 Å². The third kappa shape index (κ3) is 4.89. The van der Waals surface area contributed by atoms with Crippen LogP contribution in [0.2, 0.25) is 0 Å². The van der Waals surface area contributed by atoms with Crippen LogP contribution in [0.3, 0.4) is 0 Å². The number of rotatable bonds is 7. The molecule has 0 saturated heterocycles. The van der Waals surface area contributed by atoms with E-state index in [-0.39, 0.29) is 24.1 Å². The van der Waals surface area contributed by atoms with E-state index in [0.29, 0.717) is 18.0 Å². The third-order valence-corrected chi connectivity index (χ3v) is 2.89. The molecule has 0 atom stereocenters. The molecule has 0 bridgehead atoms. The quantitative estimate of drug-likeness (QED) is 0.805. The van der Waals surface area contributed by atoms with E-state index in [2.05, 4.69) is 15.6 Å². The average Bonchev–Trinajstić information content (AvgIpc) is 2.97. The topological polar surface area (TPSA) is 106 Å². The minimum atomic E-state index is -1.15. The van der Waals surface area contributed by atoms with Crippen molar-refractivity contribution in [3.05, 3.63) is 36.2 Å². The van der Waals surface area contributed by atoms with Crippen LogP contribution in [-0.2, 0) is 9.53 Å². The molecule has 8 nitrogen and oxygen atoms in total. The predicted octanol–water partition coefficient (Wildman–Crippen LogP) is 1.72. The fourth-order valence-corrected chi connectivity index (χ4v) is 1.82. The number of anilines is 1. The molecule has 0 aliphatic rings. The van der Waals surface area contributed by atoms with Gasteiger partial charge in [-0.25, -0.2) is 9.48 Å². The van der Waals surface area contributed by atoms with Crippen LogP contribution in [0.15, 0.2) is 30.5 Å². The number of hydrogen-bond acceptors (Lipinski definition) is 5. The van der Waals surface area contributed by atoms with Gasteiger partial charge in [-0.3, -0.25) is 4.79 Å². The van der Waals surface area contributed by atoms with Crippen molar-refractivity contribution in [1.29, 1.82) is 0 Å². The van der Waals surface area contributed by atoms with E-state index >= 15 is 0 Å². The van der Waals surface area contributed by atoms with Crippen LogP contribution in [0.5, 0.6) is 0 Å². The van der Waals surface area contributed by atoms with Crippen molar-refractivity contribution in [3.8, 4) is 5.69 Å². The van der Waals surface area contributed by atoms with Crippen molar-refractivity contribution in [2.24, 2.45) is 0 Å². The lowest BCUT2D eigenvalue weighted by Crippen LogP contribution is -2.16. The van der Waals surface area contributed by atoms with Crippen molar-refractivity contribution >= 4 is 17.6 Å². The molecule has 1 heterocycles. The van der Waals surface area contributed by atoms with Gasteiger partial charge < -0.3 is 15.2 Å². The summed E-state index contributed by atoms with van der Waals surface area (Å²) in [5.41, 5.74) is 1.04. The molecule has 1 amide bonds. The van der Waals surface area contributed by atoms with Crippen LogP contribution in [0, 0.1) is 0 Å². The van der Waals surface area contributed by atoms with Crippen LogP contribution in [0.1, 0.15) is 30.8 Å². The molecular formula is C15H18N4O4. The molecule has 0 aliphatic heterocycles. The largest absolute Gasteiger partial charge is 0.476 e. The van der Waals surface area contributed by atoms with Crippen molar-refractivity contribution in [2.75, 3.05) is 11.9 Å². The zero-order valence-electron chi connectivity index (χ0n) is 12.9. The summed E-state index contributed by atoms with van der Waals surface area (Å²) in [5.74, 6) is -1.31. The average molecular weight is 318 g/mol. The first kappa shape index (κ1) is 16.6. The fraction of sp³-hybridized carbons (Fsp3) is 0.333. The minimum Gasteiger partial charge on any atom is -0.476 e. The number of nitrogens with zero attached hydrogens (tertiary/aromatic N) is 3. The van der Waals surface area contributed by atoms with Gasteiger partial charge in [-0.1, -0.05) is 11.3 Å². The van der Waals surface area contributed by atoms with Crippen LogP contribution in [-0.4, -0.2) is 44.7 Å². The van der Waals surface area contributed by atoms with E-state index in [1.54, 1.807) is 24.3 Å². The molecule has 0 saturated carbocycles. The number of aromatic nitrogens is 3. The molecule has 122 valence electrons. The van der Waals surface area contributed by atoms with Crippen LogP contribution >= 0.6 is 0 Å². The lowest BCUT2D eigenvalue weighted by molar-refractivity contribution is -0.117. The van der Waals surface area contributed by atoms with Gasteiger partial charge in [0, 0.05) is 5.69 Å². The molecule has 2 aromatic rings. The number of nitrogens with one attached hydrogen (secondary N) is 1. The van der Waals surface area contributed by atoms with Gasteiger partial charge in [0.25, 0.3) is 0 Å². The number of amides is 1. The summed E-state index contributed by atoms with van der Waals surface area (Å²) in [6.45, 7) is 4.17. The molecule has 8 heteroatoms. The maximum absolute atomic E-state index is 11.8. The highest BCUT2D eigenvalue weighted by Crippen LogP contribution is 2.14. The second-order valence-corrected chi connectivity index (χ2v) is 5.12. The lowest BCUT2D eigenvalue weighted by atomic mass is 10.2. The van der Waals surface area contributed by atoms with Gasteiger partial charge in [0.2, 0.25) is 5.91 Å². The molecule has 0 aliphatic carbocycles. The van der Waals surface area contributed by atoms with E-state index in [1.165, 1.54) is 10.9 Å². The van der Waals surface area contributed by atoms with Gasteiger partial charge in [0.05, 0.1) is 31.0 Å². The summed E-state index contributed by atoms with van der Waals surface area (Å²) in [7, 11) is 0. The standard InChI is InChI=1S/C15H18N4O4/c1-10(2)23-7-6-14(20)16-11-4-3-5-12(8-11)19-9-13(15(21)22)17-18-19/h3-5,8-10H,6-7H2,1-2H3,(H,16,20)(H,21,22). The molecular weight excluding hydrogens is 300 g/mol. The molecule has 2 rings (SSSR count). The normalized spacial score (nSPS) is 10.7. The van der Waals surface area contributed by atoms with Crippen LogP contribution < -0.4 is 5.32 Å². The number of carbonyl (C=O) groups excluding carboxylic acids is 1. The van der Waals surface area contributed by atoms with Crippen molar-refractivity contribution in [2.45, 2.75) is 26.4 Å². The predicted molar refractivity (Wildman–Crippen MR) is 82.7 cm³/mol. The summed E-state index contributed by atoms with van der Waals surface area (Å²) in [5, 5.41) is 18.9. The van der Waals surface area contributed by atoms with Crippen molar-refractivity contribution < 1.29 is 19.4 Å². The molecule has 0 fully saturated rings. The number of hydrogen-bond donors (Lipinski definition) is 2. The second-order valence-electron chi connectivity index (χ2n) is 5.12. The number of benzene rings is 1. The maximum atomic E-state index is 11.8. The highest BCUT2D eigenvalue weighted by atomic mass is 16.5. The van der Waals surface area contributed by atoms with Crippen LogP contribution in [0.4, 0.5) is 5.69 Å². The molecule has 0 spiro atoms. The number of aromatic carboxylic acids is 1. The Morgan fingerprint density at radius 1 is 1.39 bits per heavy atom. The summed E-state index contributed by atoms with van der Waals surface area (Å²) >= 11 is 0. The SMILES string of the molecule is CC(C)OCCC(=O)Nc1cccc(-n2cc(C(=O)O)nn2)c1. The minimum absolute atomic E-state index is 0.0851. The molecule has 1 aromatic carbocycles. The third-order valence-electron chi connectivity index (χ3n) is 2.89. The highest BCUT2D eigenvalue weighted by molar-refractivity contribution is 5.91. The maximum Gasteiger partial charge on any atom is 0.358 e. The Kier molecular flexibility index (Phi) is 5.42. The first-order valence-corrected chi connectivity index (χ1v) is 7.13. The Balaban J connectivity index is 2.01. The van der Waals surface area contributed by atoms with E-state index in [1.807, 2.05) is 13.8 Å². The number of carboxylic acids is 1. The number of ether oxygens (including phenoxy) is 1. The van der Waals surface area contributed by atoms with E-state index in [9.17, 15) is 9.59 Å². The van der Waals surface area contributed by atoms with Gasteiger partial charge in [-0.05, 0) is 32.0 Å². The zero-order valence-corrected chi connectivity index (χ0v) is 12.9. The Bertz CT molecular complexity index is 696. The van der Waals surface area contributed by atoms with Gasteiger partial charge in [-0.15, -0.1) is 5.10 Å². The second kappa shape index (κ2) is 7.50. The van der Waals surface area contributed by atoms with Gasteiger partial charge in [0.1, 0.15) is 0 Å². The van der Waals surface area contributed by atoms with E-state index < -0.39 is 5.97 Å². The van der Waals surface area contributed by atoms with E-state index in [4.69, 9.17) is 9.84 Å². The summed E-state index contributed by atoms with van der Waals surface area (Å²) in [6.07, 6.45) is 1.65. The molecule has 23 heavy (non-hydrogen) atoms. The Morgan fingerprint density at radius 2 is 2.17 bits per heavy atom. The Hall–Kier alpha value is -2.74. The lowest BCUT2D eigenvalue weighted by Gasteiger charge is -2.09. The fourth-order valence-electron chi connectivity index (χ4n) is 1.82. The molecule has 0 unspecified atom stereocenters. The number of carboxylic acid groups (broad SMARTS) is 1. The summed E-state index contributed by atoms with van der Waals surface area (Å²) in [6, 6.07) is 6.89. The highest BCUT2D eigenvalue weighted by Gasteiger charge is 2.10. The Morgan fingerprint density at radius 3 is 2.83 bits per heavy atom. The first-order chi connectivity index (χ1) is 11.0. The molecule has 2 N–H and O–H groups in total. The van der Waals surface area contributed by atoms with Crippen molar-refractivity contribution in [1.82, 2.24) is 15.0 Å². The summed E-state index contributed by atoms with van der Waals surface area (Å²) < 4.78 is 6.66. The number of carbonyl (C=O) groups is 2. The summed E-state index contributed by atoms with van der Waals surface area (Å²) in [4.78, 5) is 22.7. The molecule has 0 radical (unpaired) electrons.